The van der Waals surface area contributed by atoms with Crippen molar-refractivity contribution in [3.63, 3.8) is 0 Å². The van der Waals surface area contributed by atoms with E-state index in [9.17, 15) is 4.79 Å². The van der Waals surface area contributed by atoms with Gasteiger partial charge in [-0.25, -0.2) is 4.98 Å². The summed E-state index contributed by atoms with van der Waals surface area (Å²) in [4.78, 5) is 27.2. The van der Waals surface area contributed by atoms with Crippen molar-refractivity contribution in [2.45, 2.75) is 25.8 Å². The van der Waals surface area contributed by atoms with Crippen LogP contribution in [-0.4, -0.2) is 36.9 Å². The standard InChI is InChI=1S/C14H17N5O/c1-10-6-15-7-11(17-10)13-4-3-5-19(13)14(20)12-8-18(2)9-16-12/h6-9,13H,3-5H2,1-2H3/t13-/m1/s1. The van der Waals surface area contributed by atoms with Crippen LogP contribution in [0.2, 0.25) is 0 Å². The Bertz CT molecular complexity index is 636. The quantitative estimate of drug-likeness (QED) is 0.830. The maximum atomic E-state index is 12.5. The van der Waals surface area contributed by atoms with Crippen molar-refractivity contribution in [3.8, 4) is 0 Å². The highest BCUT2D eigenvalue weighted by Crippen LogP contribution is 2.31. The fourth-order valence-corrected chi connectivity index (χ4v) is 2.63. The third-order valence-corrected chi connectivity index (χ3v) is 3.55. The molecule has 6 nitrogen and oxygen atoms in total. The minimum Gasteiger partial charge on any atom is -0.340 e. The molecule has 1 aliphatic rings. The highest BCUT2D eigenvalue weighted by atomic mass is 16.2. The van der Waals surface area contributed by atoms with Gasteiger partial charge in [-0.2, -0.15) is 0 Å². The van der Waals surface area contributed by atoms with Gasteiger partial charge in [0.05, 0.1) is 30.0 Å². The van der Waals surface area contributed by atoms with Gasteiger partial charge >= 0.3 is 0 Å². The van der Waals surface area contributed by atoms with Gasteiger partial charge in [-0.3, -0.25) is 14.8 Å². The molecule has 1 amide bonds. The summed E-state index contributed by atoms with van der Waals surface area (Å²) in [5.41, 5.74) is 2.23. The number of hydrogen-bond acceptors (Lipinski definition) is 4. The van der Waals surface area contributed by atoms with E-state index in [-0.39, 0.29) is 11.9 Å². The van der Waals surface area contributed by atoms with Crippen LogP contribution < -0.4 is 0 Å². The fourth-order valence-electron chi connectivity index (χ4n) is 2.63. The van der Waals surface area contributed by atoms with Gasteiger partial charge in [0, 0.05) is 26.0 Å². The van der Waals surface area contributed by atoms with E-state index >= 15 is 0 Å². The van der Waals surface area contributed by atoms with Crippen molar-refractivity contribution in [3.05, 3.63) is 42.0 Å². The second-order valence-electron chi connectivity index (χ2n) is 5.17. The zero-order chi connectivity index (χ0) is 14.1. The molecule has 0 radical (unpaired) electrons. The van der Waals surface area contributed by atoms with E-state index in [1.807, 2.05) is 18.9 Å². The van der Waals surface area contributed by atoms with E-state index < -0.39 is 0 Å². The number of aromatic nitrogens is 4. The van der Waals surface area contributed by atoms with Gasteiger partial charge in [0.1, 0.15) is 5.69 Å². The van der Waals surface area contributed by atoms with Crippen LogP contribution in [0.4, 0.5) is 0 Å². The van der Waals surface area contributed by atoms with E-state index in [1.165, 1.54) is 0 Å². The van der Waals surface area contributed by atoms with Gasteiger partial charge in [0.15, 0.2) is 0 Å². The summed E-state index contributed by atoms with van der Waals surface area (Å²) in [6.07, 6.45) is 8.78. The average molecular weight is 271 g/mol. The Labute approximate surface area is 117 Å². The molecule has 0 bridgehead atoms. The molecule has 1 atom stereocenters. The Kier molecular flexibility index (Phi) is 3.22. The van der Waals surface area contributed by atoms with Crippen LogP contribution in [-0.2, 0) is 7.05 Å². The molecule has 1 aliphatic heterocycles. The Morgan fingerprint density at radius 2 is 2.25 bits per heavy atom. The molecule has 1 saturated heterocycles. The summed E-state index contributed by atoms with van der Waals surface area (Å²) in [6, 6.07) is 0.0110. The number of amides is 1. The second kappa shape index (κ2) is 5.03. The molecule has 2 aromatic rings. The largest absolute Gasteiger partial charge is 0.340 e. The highest BCUT2D eigenvalue weighted by Gasteiger charge is 2.32. The summed E-state index contributed by atoms with van der Waals surface area (Å²) < 4.78 is 1.78. The van der Waals surface area contributed by atoms with Crippen molar-refractivity contribution in [2.24, 2.45) is 7.05 Å². The number of aryl methyl sites for hydroxylation is 2. The number of likely N-dealkylation sites (tertiary alicyclic amines) is 1. The van der Waals surface area contributed by atoms with E-state index in [1.54, 1.807) is 29.5 Å². The summed E-state index contributed by atoms with van der Waals surface area (Å²) in [5.74, 6) is -0.0311. The monoisotopic (exact) mass is 271 g/mol. The van der Waals surface area contributed by atoms with Crippen LogP contribution in [0.3, 0.4) is 0 Å². The summed E-state index contributed by atoms with van der Waals surface area (Å²) in [5, 5.41) is 0. The summed E-state index contributed by atoms with van der Waals surface area (Å²) >= 11 is 0. The maximum absolute atomic E-state index is 12.5. The molecule has 0 saturated carbocycles. The number of rotatable bonds is 2. The molecule has 6 heteroatoms. The van der Waals surface area contributed by atoms with Crippen molar-refractivity contribution in [1.29, 1.82) is 0 Å². The Morgan fingerprint density at radius 1 is 1.40 bits per heavy atom. The molecule has 0 unspecified atom stereocenters. The first-order valence-electron chi connectivity index (χ1n) is 6.72. The van der Waals surface area contributed by atoms with Crippen molar-refractivity contribution >= 4 is 5.91 Å². The topological polar surface area (TPSA) is 63.9 Å². The normalized spacial score (nSPS) is 18.5. The Hall–Kier alpha value is -2.24. The lowest BCUT2D eigenvalue weighted by molar-refractivity contribution is 0.0727. The second-order valence-corrected chi connectivity index (χ2v) is 5.17. The van der Waals surface area contributed by atoms with Gasteiger partial charge in [-0.05, 0) is 19.8 Å². The predicted octanol–water partition coefficient (Wildman–Crippen LogP) is 1.50. The van der Waals surface area contributed by atoms with Crippen LogP contribution in [0.5, 0.6) is 0 Å². The van der Waals surface area contributed by atoms with E-state index in [0.717, 1.165) is 30.8 Å². The zero-order valence-corrected chi connectivity index (χ0v) is 11.7. The van der Waals surface area contributed by atoms with E-state index in [4.69, 9.17) is 0 Å². The number of carbonyl (C=O) groups excluding carboxylic acids is 1. The van der Waals surface area contributed by atoms with Crippen LogP contribution in [0, 0.1) is 6.92 Å². The van der Waals surface area contributed by atoms with Gasteiger partial charge in [0.2, 0.25) is 0 Å². The van der Waals surface area contributed by atoms with Gasteiger partial charge in [-0.1, -0.05) is 0 Å². The first-order valence-corrected chi connectivity index (χ1v) is 6.72. The van der Waals surface area contributed by atoms with Crippen molar-refractivity contribution in [2.75, 3.05) is 6.54 Å². The average Bonchev–Trinajstić information content (AvgIpc) is 3.06. The van der Waals surface area contributed by atoms with E-state index in [0.29, 0.717) is 5.69 Å². The van der Waals surface area contributed by atoms with E-state index in [2.05, 4.69) is 15.0 Å². The van der Waals surface area contributed by atoms with Crippen LogP contribution in [0.25, 0.3) is 0 Å². The minimum atomic E-state index is -0.0311. The summed E-state index contributed by atoms with van der Waals surface area (Å²) in [6.45, 7) is 2.66. The predicted molar refractivity (Wildman–Crippen MR) is 73.0 cm³/mol. The molecule has 3 heterocycles. The molecule has 1 fully saturated rings. The van der Waals surface area contributed by atoms with Crippen molar-refractivity contribution < 1.29 is 4.79 Å². The third-order valence-electron chi connectivity index (χ3n) is 3.55. The lowest BCUT2D eigenvalue weighted by Gasteiger charge is -2.23. The molecule has 0 N–H and O–H groups in total. The molecular formula is C14H17N5O. The fraction of sp³-hybridized carbons (Fsp3) is 0.429. The first-order chi connectivity index (χ1) is 9.65. The Morgan fingerprint density at radius 3 is 2.95 bits per heavy atom. The van der Waals surface area contributed by atoms with Gasteiger partial charge < -0.3 is 9.47 Å². The molecule has 104 valence electrons. The lowest BCUT2D eigenvalue weighted by atomic mass is 10.1. The maximum Gasteiger partial charge on any atom is 0.274 e. The van der Waals surface area contributed by atoms with Gasteiger partial charge in [-0.15, -0.1) is 0 Å². The molecule has 20 heavy (non-hydrogen) atoms. The number of nitrogens with zero attached hydrogens (tertiary/aromatic N) is 5. The molecule has 0 aliphatic carbocycles. The summed E-state index contributed by atoms with van der Waals surface area (Å²) in [7, 11) is 1.86. The van der Waals surface area contributed by atoms with Crippen LogP contribution >= 0.6 is 0 Å². The number of carbonyl (C=O) groups is 1. The van der Waals surface area contributed by atoms with Crippen LogP contribution in [0.1, 0.15) is 40.8 Å². The highest BCUT2D eigenvalue weighted by molar-refractivity contribution is 5.92. The third kappa shape index (κ3) is 2.29. The Balaban J connectivity index is 1.87. The zero-order valence-electron chi connectivity index (χ0n) is 11.7. The number of hydrogen-bond donors (Lipinski definition) is 0. The van der Waals surface area contributed by atoms with Crippen molar-refractivity contribution in [1.82, 2.24) is 24.4 Å². The lowest BCUT2D eigenvalue weighted by Crippen LogP contribution is -2.31. The van der Waals surface area contributed by atoms with Gasteiger partial charge in [0.25, 0.3) is 5.91 Å². The molecule has 3 rings (SSSR count). The smallest absolute Gasteiger partial charge is 0.274 e. The minimum absolute atomic E-state index is 0.0110. The molecule has 0 aromatic carbocycles. The first kappa shape index (κ1) is 12.8. The SMILES string of the molecule is Cc1cncc([C@H]2CCCN2C(=O)c2cn(C)cn2)n1. The molecule has 2 aromatic heterocycles. The van der Waals surface area contributed by atoms with Crippen LogP contribution in [0.15, 0.2) is 24.9 Å². The number of imidazole rings is 1. The molecule has 0 spiro atoms. The molecular weight excluding hydrogens is 254 g/mol.